The number of rotatable bonds is 42. The maximum Gasteiger partial charge on any atom is 0.306 e. The number of esters is 2. The minimum atomic E-state index is -1.13. The van der Waals surface area contributed by atoms with Gasteiger partial charge in [-0.05, 0) is 64.2 Å². The molecule has 0 aromatic rings. The molecule has 60 heavy (non-hydrogen) atoms. The molecule has 8 heteroatoms. The summed E-state index contributed by atoms with van der Waals surface area (Å²) in [4.78, 5) is 36.9. The van der Waals surface area contributed by atoms with E-state index in [1.54, 1.807) is 21.1 Å². The van der Waals surface area contributed by atoms with E-state index in [1.165, 1.54) is 64.2 Å². The van der Waals surface area contributed by atoms with E-state index in [1.807, 2.05) is 0 Å². The lowest BCUT2D eigenvalue weighted by molar-refractivity contribution is -0.889. The Morgan fingerprint density at radius 3 is 1.38 bits per heavy atom. The summed E-state index contributed by atoms with van der Waals surface area (Å²) in [6.07, 6.45) is 53.5. The Balaban J connectivity index is 4.32. The number of hydrogen-bond acceptors (Lipinski definition) is 7. The number of likely N-dealkylation sites (N-methyl/N-ethyl adjacent to an activating group) is 1. The molecule has 0 saturated heterocycles. The molecule has 0 aliphatic rings. The Hall–Kier alpha value is -3.23. The van der Waals surface area contributed by atoms with Gasteiger partial charge in [-0.1, -0.05) is 177 Å². The molecule has 0 N–H and O–H groups in total. The summed E-state index contributed by atoms with van der Waals surface area (Å²) in [5.74, 6) is -1.77. The van der Waals surface area contributed by atoms with Gasteiger partial charge in [0, 0.05) is 19.3 Å². The van der Waals surface area contributed by atoms with Crippen LogP contribution in [0.3, 0.4) is 0 Å². The number of nitrogens with zero attached hydrogens (tertiary/aromatic N) is 1. The Labute approximate surface area is 368 Å². The summed E-state index contributed by atoms with van der Waals surface area (Å²) >= 11 is 0. The maximum atomic E-state index is 12.7. The Kier molecular flexibility index (Phi) is 40.2. The van der Waals surface area contributed by atoms with Crippen molar-refractivity contribution in [2.24, 2.45) is 0 Å². The first-order valence-electron chi connectivity index (χ1n) is 24.0. The lowest BCUT2D eigenvalue weighted by Gasteiger charge is -2.34. The SMILES string of the molecule is CC/C=C/C/C=C/C/C=C/C/C=C/C/C=C/C/C=C/CCCCCCC(=O)OCC(COCCC(C(=O)[O-])[N+](C)(C)C)OC(=O)CCCCCCCCCCCCCCC. The first-order valence-corrected chi connectivity index (χ1v) is 24.0. The molecule has 0 spiro atoms. The highest BCUT2D eigenvalue weighted by Crippen LogP contribution is 2.14. The molecular formula is C52H89NO7. The van der Waals surface area contributed by atoms with Crippen molar-refractivity contribution in [1.82, 2.24) is 0 Å². The summed E-state index contributed by atoms with van der Waals surface area (Å²) in [6.45, 7) is 4.52. The number of carbonyl (C=O) groups is 3. The first kappa shape index (κ1) is 56.8. The molecular weight excluding hydrogens is 751 g/mol. The van der Waals surface area contributed by atoms with Crippen LogP contribution in [-0.2, 0) is 28.6 Å². The fraction of sp³-hybridized carbons (Fsp3) is 0.712. The largest absolute Gasteiger partial charge is 0.544 e. The smallest absolute Gasteiger partial charge is 0.306 e. The van der Waals surface area contributed by atoms with Crippen LogP contribution in [0.15, 0.2) is 72.9 Å². The summed E-state index contributed by atoms with van der Waals surface area (Å²) < 4.78 is 17.2. The zero-order chi connectivity index (χ0) is 44.2. The van der Waals surface area contributed by atoms with Gasteiger partial charge < -0.3 is 28.6 Å². The van der Waals surface area contributed by atoms with Crippen molar-refractivity contribution in [3.05, 3.63) is 72.9 Å². The predicted molar refractivity (Wildman–Crippen MR) is 249 cm³/mol. The summed E-state index contributed by atoms with van der Waals surface area (Å²) in [5.41, 5.74) is 0. The summed E-state index contributed by atoms with van der Waals surface area (Å²) in [7, 11) is 5.40. The molecule has 0 heterocycles. The van der Waals surface area contributed by atoms with Crippen LogP contribution in [0.5, 0.6) is 0 Å². The molecule has 0 bridgehead atoms. The first-order chi connectivity index (χ1) is 29.1. The standard InChI is InChI=1S/C52H89NO7/c1-6-8-10-12-14-16-18-20-21-22-23-24-25-26-27-28-29-31-32-34-36-38-40-42-50(54)59-47-48(46-58-45-44-49(52(56)57)53(3,4)5)60-51(55)43-41-39-37-35-33-30-19-17-15-13-11-9-7-2/h8,10,14,16,20-21,23-24,26-27,29,31,48-49H,6-7,9,11-13,15,17-19,22,25,28,30,32-47H2,1-5H3/b10-8+,16-14+,21-20+,24-23+,27-26+,31-29+. The number of aliphatic carboxylic acids is 1. The van der Waals surface area contributed by atoms with Gasteiger partial charge in [-0.3, -0.25) is 9.59 Å². The van der Waals surface area contributed by atoms with Crippen LogP contribution in [0.1, 0.15) is 187 Å². The van der Waals surface area contributed by atoms with Crippen molar-refractivity contribution in [2.45, 2.75) is 199 Å². The molecule has 344 valence electrons. The molecule has 2 unspecified atom stereocenters. The van der Waals surface area contributed by atoms with Gasteiger partial charge in [0.15, 0.2) is 6.10 Å². The highest BCUT2D eigenvalue weighted by Gasteiger charge is 2.25. The third-order valence-corrected chi connectivity index (χ3v) is 10.4. The number of carbonyl (C=O) groups excluding carboxylic acids is 3. The fourth-order valence-electron chi connectivity index (χ4n) is 6.66. The molecule has 0 aliphatic heterocycles. The average molecular weight is 840 g/mol. The lowest BCUT2D eigenvalue weighted by atomic mass is 10.0. The number of hydrogen-bond donors (Lipinski definition) is 0. The summed E-state index contributed by atoms with van der Waals surface area (Å²) in [6, 6.07) is -0.731. The molecule has 0 amide bonds. The Morgan fingerprint density at radius 2 is 0.933 bits per heavy atom. The molecule has 0 saturated carbocycles. The van der Waals surface area contributed by atoms with Crippen LogP contribution in [-0.4, -0.2) is 75.5 Å². The minimum Gasteiger partial charge on any atom is -0.544 e. The van der Waals surface area contributed by atoms with Crippen LogP contribution in [0, 0.1) is 0 Å². The van der Waals surface area contributed by atoms with Crippen molar-refractivity contribution in [1.29, 1.82) is 0 Å². The van der Waals surface area contributed by atoms with Gasteiger partial charge in [0.2, 0.25) is 0 Å². The monoisotopic (exact) mass is 840 g/mol. The highest BCUT2D eigenvalue weighted by molar-refractivity contribution is 5.70. The molecule has 0 rings (SSSR count). The van der Waals surface area contributed by atoms with Gasteiger partial charge in [0.25, 0.3) is 0 Å². The van der Waals surface area contributed by atoms with Crippen LogP contribution in [0.2, 0.25) is 0 Å². The van der Waals surface area contributed by atoms with E-state index in [0.717, 1.165) is 89.9 Å². The number of carboxylic acid groups (broad SMARTS) is 1. The number of quaternary nitrogens is 1. The van der Waals surface area contributed by atoms with Gasteiger partial charge in [-0.15, -0.1) is 0 Å². The van der Waals surface area contributed by atoms with E-state index >= 15 is 0 Å². The zero-order valence-electron chi connectivity index (χ0n) is 39.1. The second kappa shape index (κ2) is 42.5. The number of unbranched alkanes of at least 4 members (excludes halogenated alkanes) is 16. The zero-order valence-corrected chi connectivity index (χ0v) is 39.1. The quantitative estimate of drug-likeness (QED) is 0.0261. The van der Waals surface area contributed by atoms with Gasteiger partial charge in [-0.2, -0.15) is 0 Å². The minimum absolute atomic E-state index is 0.0309. The van der Waals surface area contributed by atoms with Crippen molar-refractivity contribution < 1.29 is 38.2 Å². The molecule has 0 radical (unpaired) electrons. The van der Waals surface area contributed by atoms with Crippen molar-refractivity contribution in [2.75, 3.05) is 41.0 Å². The number of carboxylic acids is 1. The second-order valence-corrected chi connectivity index (χ2v) is 17.0. The molecule has 0 aromatic heterocycles. The molecule has 0 fully saturated rings. The van der Waals surface area contributed by atoms with E-state index in [9.17, 15) is 19.5 Å². The van der Waals surface area contributed by atoms with Gasteiger partial charge in [0.1, 0.15) is 12.6 Å². The third-order valence-electron chi connectivity index (χ3n) is 10.4. The highest BCUT2D eigenvalue weighted by atomic mass is 16.6. The summed E-state index contributed by atoms with van der Waals surface area (Å²) in [5, 5.41) is 11.6. The van der Waals surface area contributed by atoms with E-state index in [2.05, 4.69) is 86.8 Å². The molecule has 0 aromatic carbocycles. The fourth-order valence-corrected chi connectivity index (χ4v) is 6.66. The second-order valence-electron chi connectivity index (χ2n) is 17.0. The number of allylic oxidation sites excluding steroid dienone is 12. The van der Waals surface area contributed by atoms with Gasteiger partial charge >= 0.3 is 11.9 Å². The predicted octanol–water partition coefficient (Wildman–Crippen LogP) is 12.2. The van der Waals surface area contributed by atoms with E-state index in [4.69, 9.17) is 14.2 Å². The van der Waals surface area contributed by atoms with Crippen LogP contribution < -0.4 is 5.11 Å². The topological polar surface area (TPSA) is 102 Å². The normalized spacial score (nSPS) is 13.6. The molecule has 8 nitrogen and oxygen atoms in total. The van der Waals surface area contributed by atoms with Crippen LogP contribution in [0.25, 0.3) is 0 Å². The van der Waals surface area contributed by atoms with Crippen molar-refractivity contribution in [3.63, 3.8) is 0 Å². The Bertz CT molecular complexity index is 1210. The van der Waals surface area contributed by atoms with Crippen molar-refractivity contribution in [3.8, 4) is 0 Å². The van der Waals surface area contributed by atoms with E-state index in [0.29, 0.717) is 12.8 Å². The maximum absolute atomic E-state index is 12.7. The van der Waals surface area contributed by atoms with E-state index < -0.39 is 18.1 Å². The third kappa shape index (κ3) is 40.2. The number of ether oxygens (including phenoxy) is 3. The van der Waals surface area contributed by atoms with E-state index in [-0.39, 0.29) is 42.7 Å². The lowest BCUT2D eigenvalue weighted by Crippen LogP contribution is -2.55. The average Bonchev–Trinajstić information content (AvgIpc) is 3.21. The van der Waals surface area contributed by atoms with Gasteiger partial charge in [0.05, 0.1) is 40.3 Å². The molecule has 0 aliphatic carbocycles. The van der Waals surface area contributed by atoms with Crippen LogP contribution in [0.4, 0.5) is 0 Å². The van der Waals surface area contributed by atoms with Crippen molar-refractivity contribution >= 4 is 17.9 Å². The van der Waals surface area contributed by atoms with Gasteiger partial charge in [-0.25, -0.2) is 0 Å². The van der Waals surface area contributed by atoms with Crippen LogP contribution >= 0.6 is 0 Å². The Morgan fingerprint density at radius 1 is 0.517 bits per heavy atom. The molecule has 2 atom stereocenters.